The minimum absolute atomic E-state index is 0.0221. The number of ether oxygens (including phenoxy) is 3. The van der Waals surface area contributed by atoms with E-state index in [1.165, 1.54) is 18.2 Å². The van der Waals surface area contributed by atoms with E-state index in [-0.39, 0.29) is 45.8 Å². The average molecular weight is 550 g/mol. The Balaban J connectivity index is 1.50. The molecule has 10 nitrogen and oxygen atoms in total. The van der Waals surface area contributed by atoms with Crippen molar-refractivity contribution in [1.82, 2.24) is 0 Å². The van der Waals surface area contributed by atoms with Gasteiger partial charge in [-0.05, 0) is 50.9 Å². The van der Waals surface area contributed by atoms with Crippen molar-refractivity contribution in [3.63, 3.8) is 0 Å². The van der Waals surface area contributed by atoms with Gasteiger partial charge in [0, 0.05) is 40.2 Å². The number of hydrogen-bond donors (Lipinski definition) is 4. The number of fused-ring (bicyclic) bond motifs is 6. The number of phenolic OH excluding ortho intramolecular Hbond substituents is 1. The van der Waals surface area contributed by atoms with Gasteiger partial charge in [0.25, 0.3) is 0 Å². The molecule has 0 spiro atoms. The number of carbonyl (C=O) groups is 3. The monoisotopic (exact) mass is 549 g/mol. The van der Waals surface area contributed by atoms with Crippen molar-refractivity contribution in [2.45, 2.75) is 63.8 Å². The molecule has 2 heterocycles. The number of esters is 1. The van der Waals surface area contributed by atoms with Crippen LogP contribution in [-0.4, -0.2) is 64.0 Å². The molecule has 10 heteroatoms. The molecule has 0 radical (unpaired) electrons. The number of Topliss-reactive ketones (excluding diaryl/α,β-unsaturated/α-hetero) is 2. The van der Waals surface area contributed by atoms with E-state index in [4.69, 9.17) is 19.9 Å². The molecule has 2 saturated heterocycles. The quantitative estimate of drug-likeness (QED) is 0.407. The van der Waals surface area contributed by atoms with Crippen LogP contribution in [0.3, 0.4) is 0 Å². The summed E-state index contributed by atoms with van der Waals surface area (Å²) in [4.78, 5) is 41.7. The molecule has 7 unspecified atom stereocenters. The molecule has 210 valence electrons. The fraction of sp³-hybridized carbons (Fsp3) is 0.433. The van der Waals surface area contributed by atoms with Crippen LogP contribution in [-0.2, 0) is 14.3 Å². The summed E-state index contributed by atoms with van der Waals surface area (Å²) in [7, 11) is 0. The standard InChI is InChI=1S/C30H31NO9/c1-12-9-16-21(17(32)10-12)24-25(23-15(6-4-8-31)30(37)40-29(16)23)28(36)22-14(27(24)35)5-3-7-19(22)39-20-11-18(33)26(34)13(2)38-20/h3,5,7,9-10,13,15,18,20,23,26,29,32-34H,4,6,8,11,31H2,1-2H3. The van der Waals surface area contributed by atoms with Gasteiger partial charge in [0.2, 0.25) is 6.29 Å². The lowest BCUT2D eigenvalue weighted by molar-refractivity contribution is -0.216. The fourth-order valence-electron chi connectivity index (χ4n) is 6.55. The van der Waals surface area contributed by atoms with E-state index in [0.29, 0.717) is 24.9 Å². The third-order valence-electron chi connectivity index (χ3n) is 8.38. The second-order valence-electron chi connectivity index (χ2n) is 11.0. The first-order valence-electron chi connectivity index (χ1n) is 13.5. The number of allylic oxidation sites excluding steroid dienone is 1. The molecular formula is C30H31NO9. The van der Waals surface area contributed by atoms with E-state index in [9.17, 15) is 29.7 Å². The molecule has 2 aromatic carbocycles. The zero-order chi connectivity index (χ0) is 28.5. The molecule has 2 aliphatic heterocycles. The van der Waals surface area contributed by atoms with Crippen LogP contribution < -0.4 is 10.5 Å². The number of hydrogen-bond acceptors (Lipinski definition) is 10. The Morgan fingerprint density at radius 1 is 1.10 bits per heavy atom. The van der Waals surface area contributed by atoms with Crippen molar-refractivity contribution >= 4 is 23.1 Å². The third kappa shape index (κ3) is 3.97. The van der Waals surface area contributed by atoms with Gasteiger partial charge in [-0.25, -0.2) is 0 Å². The third-order valence-corrected chi connectivity index (χ3v) is 8.38. The Morgan fingerprint density at radius 2 is 1.88 bits per heavy atom. The second-order valence-corrected chi connectivity index (χ2v) is 11.0. The summed E-state index contributed by atoms with van der Waals surface area (Å²) in [6, 6.07) is 7.94. The number of aliphatic hydroxyl groups is 2. The first-order chi connectivity index (χ1) is 19.1. The van der Waals surface area contributed by atoms with Gasteiger partial charge < -0.3 is 35.3 Å². The van der Waals surface area contributed by atoms with Crippen LogP contribution >= 0.6 is 0 Å². The Morgan fingerprint density at radius 3 is 2.60 bits per heavy atom. The summed E-state index contributed by atoms with van der Waals surface area (Å²) < 4.78 is 17.5. The molecule has 2 aromatic rings. The van der Waals surface area contributed by atoms with Gasteiger partial charge in [-0.2, -0.15) is 0 Å². The Hall–Kier alpha value is -3.57. The highest BCUT2D eigenvalue weighted by atomic mass is 16.7. The molecule has 0 aromatic heterocycles. The van der Waals surface area contributed by atoms with E-state index in [1.54, 1.807) is 26.0 Å². The molecule has 0 amide bonds. The highest BCUT2D eigenvalue weighted by Gasteiger charge is 2.55. The number of ketones is 2. The molecular weight excluding hydrogens is 518 g/mol. The zero-order valence-corrected chi connectivity index (χ0v) is 22.1. The van der Waals surface area contributed by atoms with Crippen molar-refractivity contribution < 1.29 is 43.9 Å². The average Bonchev–Trinajstić information content (AvgIpc) is 3.24. The molecule has 5 N–H and O–H groups in total. The van der Waals surface area contributed by atoms with Gasteiger partial charge in [-0.15, -0.1) is 0 Å². The van der Waals surface area contributed by atoms with E-state index in [2.05, 4.69) is 0 Å². The molecule has 2 fully saturated rings. The first-order valence-corrected chi connectivity index (χ1v) is 13.5. The summed E-state index contributed by atoms with van der Waals surface area (Å²) in [5, 5.41) is 31.3. The number of aromatic hydroxyl groups is 1. The predicted molar refractivity (Wildman–Crippen MR) is 141 cm³/mol. The van der Waals surface area contributed by atoms with Crippen LogP contribution in [0.4, 0.5) is 0 Å². The molecule has 2 aliphatic carbocycles. The summed E-state index contributed by atoms with van der Waals surface area (Å²) in [6.07, 6.45) is -3.85. The van der Waals surface area contributed by atoms with Gasteiger partial charge in [0.1, 0.15) is 23.7 Å². The number of benzene rings is 2. The number of carbonyl (C=O) groups excluding carboxylic acids is 3. The Bertz CT molecular complexity index is 1450. The van der Waals surface area contributed by atoms with Gasteiger partial charge >= 0.3 is 5.97 Å². The number of aliphatic hydroxyl groups excluding tert-OH is 2. The first kappa shape index (κ1) is 26.6. The lowest BCUT2D eigenvalue weighted by Gasteiger charge is -2.37. The van der Waals surface area contributed by atoms with Crippen molar-refractivity contribution in [1.29, 1.82) is 0 Å². The summed E-state index contributed by atoms with van der Waals surface area (Å²) in [5.74, 6) is -2.97. The molecule has 0 saturated carbocycles. The van der Waals surface area contributed by atoms with Crippen LogP contribution in [0.25, 0.3) is 5.57 Å². The normalized spacial score (nSPS) is 30.8. The Kier molecular flexibility index (Phi) is 6.53. The maximum absolute atomic E-state index is 14.4. The highest BCUT2D eigenvalue weighted by Crippen LogP contribution is 2.57. The van der Waals surface area contributed by atoms with Gasteiger partial charge in [-0.1, -0.05) is 18.2 Å². The number of rotatable bonds is 5. The summed E-state index contributed by atoms with van der Waals surface area (Å²) in [6.45, 7) is 3.73. The molecule has 4 aliphatic rings. The van der Waals surface area contributed by atoms with Crippen molar-refractivity contribution in [2.24, 2.45) is 17.6 Å². The van der Waals surface area contributed by atoms with Crippen LogP contribution in [0, 0.1) is 18.8 Å². The largest absolute Gasteiger partial charge is 0.507 e. The van der Waals surface area contributed by atoms with E-state index < -0.39 is 60.1 Å². The Labute approximate surface area is 230 Å². The molecule has 6 rings (SSSR count). The van der Waals surface area contributed by atoms with Crippen molar-refractivity contribution in [3.8, 4) is 11.5 Å². The van der Waals surface area contributed by atoms with E-state index in [0.717, 1.165) is 5.56 Å². The van der Waals surface area contributed by atoms with Crippen LogP contribution in [0.5, 0.6) is 11.5 Å². The number of aryl methyl sites for hydroxylation is 1. The van der Waals surface area contributed by atoms with Crippen LogP contribution in [0.1, 0.15) is 69.7 Å². The summed E-state index contributed by atoms with van der Waals surface area (Å²) >= 11 is 0. The predicted octanol–water partition coefficient (Wildman–Crippen LogP) is 2.35. The van der Waals surface area contributed by atoms with Crippen molar-refractivity contribution in [2.75, 3.05) is 6.54 Å². The van der Waals surface area contributed by atoms with E-state index in [1.807, 2.05) is 0 Å². The second kappa shape index (κ2) is 9.81. The lowest BCUT2D eigenvalue weighted by Crippen LogP contribution is -2.48. The van der Waals surface area contributed by atoms with E-state index >= 15 is 0 Å². The molecule has 7 atom stereocenters. The number of phenols is 1. The van der Waals surface area contributed by atoms with Crippen LogP contribution in [0.2, 0.25) is 0 Å². The highest BCUT2D eigenvalue weighted by molar-refractivity contribution is 6.42. The molecule has 40 heavy (non-hydrogen) atoms. The maximum atomic E-state index is 14.4. The minimum atomic E-state index is -1.09. The van der Waals surface area contributed by atoms with Crippen molar-refractivity contribution in [3.05, 3.63) is 63.7 Å². The topological polar surface area (TPSA) is 166 Å². The van der Waals surface area contributed by atoms with Gasteiger partial charge in [-0.3, -0.25) is 14.4 Å². The SMILES string of the molecule is Cc1cc(O)c2c(c1)C1OC(=O)C(CCCN)C1C1=C2C(=O)c2cccc(OC3CC(O)C(O)C(C)O3)c2C1=O. The summed E-state index contributed by atoms with van der Waals surface area (Å²) in [5.41, 5.74) is 7.46. The van der Waals surface area contributed by atoms with Gasteiger partial charge in [0.05, 0.1) is 23.7 Å². The lowest BCUT2D eigenvalue weighted by atomic mass is 9.65. The molecule has 0 bridgehead atoms. The fourth-order valence-corrected chi connectivity index (χ4v) is 6.55. The zero-order valence-electron chi connectivity index (χ0n) is 22.1. The minimum Gasteiger partial charge on any atom is -0.507 e. The van der Waals surface area contributed by atoms with Crippen LogP contribution in [0.15, 0.2) is 35.9 Å². The maximum Gasteiger partial charge on any atom is 0.310 e. The smallest absolute Gasteiger partial charge is 0.310 e. The number of nitrogens with two attached hydrogens (primary N) is 1. The van der Waals surface area contributed by atoms with Gasteiger partial charge in [0.15, 0.2) is 11.6 Å².